The Balaban J connectivity index is 1.08. The minimum atomic E-state index is -1.85. The van der Waals surface area contributed by atoms with Crippen LogP contribution in [0, 0.1) is 0 Å². The molecule has 3 fully saturated rings. The van der Waals surface area contributed by atoms with E-state index in [0.717, 1.165) is 0 Å². The van der Waals surface area contributed by atoms with E-state index in [1.807, 2.05) is 0 Å². The molecule has 57 heavy (non-hydrogen) atoms. The predicted octanol–water partition coefficient (Wildman–Crippen LogP) is -3.24. The number of hydrogen-bond acceptors (Lipinski definition) is 18. The van der Waals surface area contributed by atoms with Crippen molar-refractivity contribution in [2.24, 2.45) is 17.2 Å². The van der Waals surface area contributed by atoms with Gasteiger partial charge < -0.3 is 86.7 Å². The fourth-order valence-electron chi connectivity index (χ4n) is 7.71. The lowest BCUT2D eigenvalue weighted by Gasteiger charge is -2.48. The highest BCUT2D eigenvalue weighted by molar-refractivity contribution is 6.09. The summed E-state index contributed by atoms with van der Waals surface area (Å²) in [7, 11) is 0. The van der Waals surface area contributed by atoms with Gasteiger partial charge in [-0.2, -0.15) is 0 Å². The summed E-state index contributed by atoms with van der Waals surface area (Å²) < 4.78 is 29.0. The van der Waals surface area contributed by atoms with Crippen LogP contribution in [0.2, 0.25) is 0 Å². The van der Waals surface area contributed by atoms with Gasteiger partial charge in [-0.1, -0.05) is 18.2 Å². The van der Waals surface area contributed by atoms with Gasteiger partial charge in [-0.15, -0.1) is 0 Å². The van der Waals surface area contributed by atoms with E-state index in [9.17, 15) is 50.4 Å². The molecule has 19 heteroatoms. The Morgan fingerprint density at radius 3 is 2.12 bits per heavy atom. The molecule has 15 atom stereocenters. The number of fused-ring (bicyclic) bond motifs is 2. The Morgan fingerprint density at radius 2 is 1.42 bits per heavy atom. The summed E-state index contributed by atoms with van der Waals surface area (Å²) >= 11 is 0. The van der Waals surface area contributed by atoms with Gasteiger partial charge >= 0.3 is 0 Å². The molecule has 0 aromatic heterocycles. The lowest BCUT2D eigenvalue weighted by Crippen LogP contribution is -2.68. The number of phenols is 1. The number of nitrogens with one attached hydrogen (secondary N) is 1. The van der Waals surface area contributed by atoms with E-state index in [2.05, 4.69) is 5.32 Å². The van der Waals surface area contributed by atoms with Crippen molar-refractivity contribution in [2.45, 2.75) is 98.2 Å². The third-order valence-corrected chi connectivity index (χ3v) is 10.8. The van der Waals surface area contributed by atoms with E-state index in [-0.39, 0.29) is 34.5 Å². The smallest absolute Gasteiger partial charge is 0.252 e. The second kappa shape index (κ2) is 16.6. The van der Waals surface area contributed by atoms with Crippen LogP contribution in [-0.4, -0.2) is 152 Å². The zero-order valence-corrected chi connectivity index (χ0v) is 30.2. The van der Waals surface area contributed by atoms with Crippen LogP contribution in [0.3, 0.4) is 0 Å². The number of phenolic OH excluding ortho intramolecular Hbond substituents is 1. The number of carbonyl (C=O) groups excluding carboxylic acids is 1. The van der Waals surface area contributed by atoms with Crippen LogP contribution in [0.4, 0.5) is 0 Å². The molecular weight excluding hydrogens is 752 g/mol. The zero-order chi connectivity index (χ0) is 40.9. The minimum absolute atomic E-state index is 0.0144. The SMILES string of the molecule is N[C@@H]1[C@@H](O)[C@@H](O[C@@H]2[C@@H](O)[C@H](O[C@H]3O[C@H](CNC(=O)c4ccccc4-c4c5ccc(=O)cc-5oc5cc(O)ccc45)[C@@H](O)[C@H](O)[C@H]3O)[C@@H](N)C[C@H]2N)O[C@H](CO)[C@H]1O. The first kappa shape index (κ1) is 41.0. The first-order valence-corrected chi connectivity index (χ1v) is 18.3. The van der Waals surface area contributed by atoms with Crippen molar-refractivity contribution in [3.63, 3.8) is 0 Å². The molecule has 15 N–H and O–H groups in total. The van der Waals surface area contributed by atoms with Crippen molar-refractivity contribution >= 4 is 16.9 Å². The van der Waals surface area contributed by atoms with Crippen molar-refractivity contribution in [1.29, 1.82) is 0 Å². The summed E-state index contributed by atoms with van der Waals surface area (Å²) in [5.41, 5.74) is 20.1. The van der Waals surface area contributed by atoms with Crippen molar-refractivity contribution in [2.75, 3.05) is 13.2 Å². The lowest BCUT2D eigenvalue weighted by atomic mass is 9.84. The van der Waals surface area contributed by atoms with Crippen LogP contribution < -0.4 is 27.9 Å². The molecule has 0 radical (unpaired) electrons. The molecule has 0 bridgehead atoms. The van der Waals surface area contributed by atoms with Gasteiger partial charge in [-0.3, -0.25) is 9.59 Å². The average Bonchev–Trinajstić information content (AvgIpc) is 3.19. The largest absolute Gasteiger partial charge is 0.508 e. The molecule has 3 heterocycles. The molecule has 0 spiro atoms. The van der Waals surface area contributed by atoms with Crippen LogP contribution in [-0.2, 0) is 18.9 Å². The first-order valence-electron chi connectivity index (χ1n) is 18.3. The normalized spacial score (nSPS) is 36.0. The molecule has 2 aromatic carbocycles. The maximum atomic E-state index is 13.9. The van der Waals surface area contributed by atoms with Gasteiger partial charge in [0.15, 0.2) is 18.0 Å². The summed E-state index contributed by atoms with van der Waals surface area (Å²) in [5.74, 6) is -0.469. The van der Waals surface area contributed by atoms with Gasteiger partial charge in [-0.25, -0.2) is 0 Å². The fraction of sp³-hybridized carbons (Fsp3) is 0.474. The molecule has 19 nitrogen and oxygen atoms in total. The van der Waals surface area contributed by atoms with Crippen molar-refractivity contribution < 1.29 is 69.0 Å². The Labute approximate surface area is 324 Å². The van der Waals surface area contributed by atoms with E-state index in [1.54, 1.807) is 36.4 Å². The molecule has 2 aliphatic carbocycles. The summed E-state index contributed by atoms with van der Waals surface area (Å²) in [6.07, 6.45) is -18.5. The van der Waals surface area contributed by atoms with Gasteiger partial charge in [-0.05, 0) is 42.3 Å². The maximum absolute atomic E-state index is 13.9. The molecule has 7 rings (SSSR count). The minimum Gasteiger partial charge on any atom is -0.508 e. The highest BCUT2D eigenvalue weighted by atomic mass is 16.7. The number of aliphatic hydroxyl groups excluding tert-OH is 7. The van der Waals surface area contributed by atoms with E-state index in [4.69, 9.17) is 40.6 Å². The highest BCUT2D eigenvalue weighted by Gasteiger charge is 2.51. The molecule has 2 aromatic rings. The van der Waals surface area contributed by atoms with Crippen LogP contribution >= 0.6 is 0 Å². The van der Waals surface area contributed by atoms with E-state index in [1.165, 1.54) is 24.3 Å². The Kier molecular flexibility index (Phi) is 11.9. The topological polar surface area (TPSA) is 336 Å². The molecular formula is C38H46N4O15. The quantitative estimate of drug-likeness (QED) is 0.0740. The molecule has 3 aliphatic heterocycles. The molecule has 1 amide bonds. The van der Waals surface area contributed by atoms with Crippen LogP contribution in [0.1, 0.15) is 16.8 Å². The molecule has 2 saturated heterocycles. The number of ether oxygens (including phenoxy) is 4. The van der Waals surface area contributed by atoms with Gasteiger partial charge in [0.1, 0.15) is 78.1 Å². The van der Waals surface area contributed by atoms with Crippen LogP contribution in [0.5, 0.6) is 5.75 Å². The van der Waals surface area contributed by atoms with E-state index in [0.29, 0.717) is 22.1 Å². The van der Waals surface area contributed by atoms with Gasteiger partial charge in [0.25, 0.3) is 5.91 Å². The summed E-state index contributed by atoms with van der Waals surface area (Å²) in [4.78, 5) is 26.1. The van der Waals surface area contributed by atoms with Crippen LogP contribution in [0.25, 0.3) is 33.4 Å². The number of carbonyl (C=O) groups is 1. The molecule has 5 aliphatic rings. The fourth-order valence-corrected chi connectivity index (χ4v) is 7.71. The van der Waals surface area contributed by atoms with Gasteiger partial charge in [0.05, 0.1) is 12.6 Å². The van der Waals surface area contributed by atoms with Gasteiger partial charge in [0.2, 0.25) is 0 Å². The third kappa shape index (κ3) is 7.88. The predicted molar refractivity (Wildman–Crippen MR) is 197 cm³/mol. The number of aromatic hydroxyl groups is 1. The van der Waals surface area contributed by atoms with Crippen molar-refractivity contribution in [3.05, 3.63) is 76.5 Å². The number of aliphatic hydroxyl groups is 7. The van der Waals surface area contributed by atoms with E-state index >= 15 is 0 Å². The average molecular weight is 799 g/mol. The number of amides is 1. The first-order chi connectivity index (χ1) is 27.2. The van der Waals surface area contributed by atoms with Gasteiger partial charge in [0, 0.05) is 52.8 Å². The summed E-state index contributed by atoms with van der Waals surface area (Å²) in [5, 5.41) is 87.8. The highest BCUT2D eigenvalue weighted by Crippen LogP contribution is 2.42. The summed E-state index contributed by atoms with van der Waals surface area (Å²) in [6, 6.07) is 12.2. The lowest BCUT2D eigenvalue weighted by molar-refractivity contribution is -0.332. The Bertz CT molecular complexity index is 2090. The zero-order valence-electron chi connectivity index (χ0n) is 30.2. The van der Waals surface area contributed by atoms with Crippen molar-refractivity contribution in [1.82, 2.24) is 5.32 Å². The van der Waals surface area contributed by atoms with E-state index < -0.39 is 111 Å². The number of rotatable bonds is 9. The standard InChI is InChI=1S/C38H46N4O15/c39-20-11-21(40)35(33(51)34(20)56-37-30(48)27(41)28(46)25(13-43)55-37)57-38-32(50)31(49)29(47)24(54-38)12-42-36(52)17-4-2-1-3-16(17)26-18-7-5-14(44)9-22(18)53-23-10-15(45)6-8-19(23)26/h1-10,20-21,24-25,27-35,37-38,43-44,46-51H,11-13,39-41H2,(H,42,52)/t20-,21+,24-,25-,27+,28-,29-,30-,31+,32-,33-,34+,35-,37-,38-/m1/s1. The Hall–Kier alpha value is -4.16. The maximum Gasteiger partial charge on any atom is 0.252 e. The second-order valence-corrected chi connectivity index (χ2v) is 14.6. The molecule has 0 unspecified atom stereocenters. The number of hydrogen-bond donors (Lipinski definition) is 12. The third-order valence-electron chi connectivity index (χ3n) is 10.8. The Morgan fingerprint density at radius 1 is 0.754 bits per heavy atom. The van der Waals surface area contributed by atoms with Crippen molar-refractivity contribution in [3.8, 4) is 28.2 Å². The van der Waals surface area contributed by atoms with Crippen LogP contribution in [0.15, 0.2) is 69.9 Å². The molecule has 308 valence electrons. The molecule has 1 saturated carbocycles. The summed E-state index contributed by atoms with van der Waals surface area (Å²) in [6.45, 7) is -1.05. The number of benzene rings is 3. The number of nitrogens with two attached hydrogens (primary N) is 3. The monoisotopic (exact) mass is 798 g/mol. The second-order valence-electron chi connectivity index (χ2n) is 14.6.